The largest absolute Gasteiger partial charge is 0.144 e. The molecule has 0 radical (unpaired) electrons. The number of thiophene rings is 1. The molecule has 0 amide bonds. The summed E-state index contributed by atoms with van der Waals surface area (Å²) in [5.41, 5.74) is 2.85. The summed E-state index contributed by atoms with van der Waals surface area (Å²) in [6, 6.07) is 13.2. The van der Waals surface area contributed by atoms with E-state index in [0.717, 1.165) is 0 Å². The molecule has 0 aliphatic rings. The number of hydrogen-bond donors (Lipinski definition) is 0. The van der Waals surface area contributed by atoms with E-state index in [9.17, 15) is 0 Å². The molecule has 0 nitrogen and oxygen atoms in total. The molecule has 1 aromatic heterocycles. The highest BCUT2D eigenvalue weighted by molar-refractivity contribution is 9.09. The quantitative estimate of drug-likeness (QED) is 0.530. The Labute approximate surface area is 135 Å². The Morgan fingerprint density at radius 3 is 2.30 bits per heavy atom. The maximum absolute atomic E-state index is 4.01. The summed E-state index contributed by atoms with van der Waals surface area (Å²) in [5.74, 6) is 1.18. The second-order valence-corrected chi connectivity index (χ2v) is 7.90. The fourth-order valence-electron chi connectivity index (χ4n) is 2.81. The fraction of sp³-hybridized carbons (Fsp3) is 0.444. The first-order valence-corrected chi connectivity index (χ1v) is 9.03. The van der Waals surface area contributed by atoms with Crippen molar-refractivity contribution in [2.24, 2.45) is 5.92 Å². The highest BCUT2D eigenvalue weighted by Gasteiger charge is 2.28. The Kier molecular flexibility index (Phi) is 5.45. The van der Waals surface area contributed by atoms with Crippen LogP contribution >= 0.6 is 27.3 Å². The van der Waals surface area contributed by atoms with E-state index >= 15 is 0 Å². The van der Waals surface area contributed by atoms with Gasteiger partial charge in [-0.05, 0) is 37.0 Å². The molecule has 0 saturated carbocycles. The van der Waals surface area contributed by atoms with Crippen molar-refractivity contribution in [3.8, 4) is 0 Å². The number of rotatable bonds is 5. The van der Waals surface area contributed by atoms with E-state index < -0.39 is 0 Å². The molecule has 20 heavy (non-hydrogen) atoms. The van der Waals surface area contributed by atoms with E-state index in [-0.39, 0.29) is 0 Å². The number of hydrogen-bond acceptors (Lipinski definition) is 1. The van der Waals surface area contributed by atoms with E-state index in [4.69, 9.17) is 0 Å². The molecule has 3 unspecified atom stereocenters. The number of halogens is 1. The van der Waals surface area contributed by atoms with Crippen LogP contribution in [0.3, 0.4) is 0 Å². The van der Waals surface area contributed by atoms with Gasteiger partial charge in [-0.3, -0.25) is 0 Å². The monoisotopic (exact) mass is 350 g/mol. The van der Waals surface area contributed by atoms with Gasteiger partial charge in [-0.1, -0.05) is 66.5 Å². The molecular formula is C18H23BrS. The van der Waals surface area contributed by atoms with E-state index in [1.54, 1.807) is 0 Å². The van der Waals surface area contributed by atoms with Crippen molar-refractivity contribution in [3.63, 3.8) is 0 Å². The predicted molar refractivity (Wildman–Crippen MR) is 94.1 cm³/mol. The topological polar surface area (TPSA) is 0 Å². The molecule has 108 valence electrons. The van der Waals surface area contributed by atoms with Gasteiger partial charge in [0, 0.05) is 15.7 Å². The third-order valence-corrected chi connectivity index (χ3v) is 6.65. The van der Waals surface area contributed by atoms with Crippen molar-refractivity contribution in [1.29, 1.82) is 0 Å². The third-order valence-electron chi connectivity index (χ3n) is 4.09. The van der Waals surface area contributed by atoms with Crippen molar-refractivity contribution in [1.82, 2.24) is 0 Å². The van der Waals surface area contributed by atoms with Gasteiger partial charge < -0.3 is 0 Å². The zero-order valence-corrected chi connectivity index (χ0v) is 15.1. The molecule has 3 atom stereocenters. The molecule has 2 heteroatoms. The van der Waals surface area contributed by atoms with Crippen LogP contribution in [-0.4, -0.2) is 0 Å². The maximum atomic E-state index is 4.01. The van der Waals surface area contributed by atoms with E-state index in [0.29, 0.717) is 16.7 Å². The summed E-state index contributed by atoms with van der Waals surface area (Å²) < 4.78 is 0. The molecule has 0 fully saturated rings. The van der Waals surface area contributed by atoms with E-state index in [1.165, 1.54) is 27.3 Å². The van der Waals surface area contributed by atoms with Crippen LogP contribution in [0.4, 0.5) is 0 Å². The molecular weight excluding hydrogens is 328 g/mol. The second kappa shape index (κ2) is 6.91. The van der Waals surface area contributed by atoms with Crippen molar-refractivity contribution in [3.05, 3.63) is 57.3 Å². The fourth-order valence-corrected chi connectivity index (χ4v) is 5.34. The Hall–Kier alpha value is -0.600. The van der Waals surface area contributed by atoms with Gasteiger partial charge in [0.2, 0.25) is 0 Å². The lowest BCUT2D eigenvalue weighted by Crippen LogP contribution is -2.14. The molecule has 0 aliphatic heterocycles. The summed E-state index contributed by atoms with van der Waals surface area (Å²) in [5, 5.41) is 0. The van der Waals surface area contributed by atoms with Crippen molar-refractivity contribution < 1.29 is 0 Å². The van der Waals surface area contributed by atoms with Gasteiger partial charge in [-0.25, -0.2) is 0 Å². The van der Waals surface area contributed by atoms with Crippen LogP contribution in [-0.2, 0) is 0 Å². The normalized spacial score (nSPS) is 15.8. The smallest absolute Gasteiger partial charge is 0.0562 e. The number of alkyl halides is 1. The Balaban J connectivity index is 2.39. The lowest BCUT2D eigenvalue weighted by atomic mass is 9.82. The predicted octanol–water partition coefficient (Wildman–Crippen LogP) is 6.63. The van der Waals surface area contributed by atoms with Crippen molar-refractivity contribution in [2.75, 3.05) is 0 Å². The molecule has 0 spiro atoms. The highest BCUT2D eigenvalue weighted by Crippen LogP contribution is 2.46. The van der Waals surface area contributed by atoms with Crippen LogP contribution in [0.15, 0.2) is 36.4 Å². The first-order chi connectivity index (χ1) is 9.54. The average molecular weight is 351 g/mol. The Morgan fingerprint density at radius 2 is 1.80 bits per heavy atom. The van der Waals surface area contributed by atoms with Gasteiger partial charge >= 0.3 is 0 Å². The van der Waals surface area contributed by atoms with Crippen LogP contribution < -0.4 is 0 Å². The third kappa shape index (κ3) is 3.35. The molecule has 1 aromatic carbocycles. The summed E-state index contributed by atoms with van der Waals surface area (Å²) in [6.07, 6.45) is 1.20. The Bertz CT molecular complexity index is 544. The van der Waals surface area contributed by atoms with Gasteiger partial charge in [-0.2, -0.15) is 0 Å². The van der Waals surface area contributed by atoms with Crippen LogP contribution in [0.25, 0.3) is 0 Å². The van der Waals surface area contributed by atoms with Crippen LogP contribution in [0, 0.1) is 19.8 Å². The summed E-state index contributed by atoms with van der Waals surface area (Å²) in [4.78, 5) is 3.29. The lowest BCUT2D eigenvalue weighted by Gasteiger charge is -2.28. The van der Waals surface area contributed by atoms with Gasteiger partial charge in [0.05, 0.1) is 4.83 Å². The van der Waals surface area contributed by atoms with Gasteiger partial charge in [0.25, 0.3) is 0 Å². The first-order valence-electron chi connectivity index (χ1n) is 7.30. The highest BCUT2D eigenvalue weighted by atomic mass is 79.9. The lowest BCUT2D eigenvalue weighted by molar-refractivity contribution is 0.442. The summed E-state index contributed by atoms with van der Waals surface area (Å²) in [6.45, 7) is 9.07. The first kappa shape index (κ1) is 15.8. The zero-order chi connectivity index (χ0) is 14.7. The maximum Gasteiger partial charge on any atom is 0.0562 e. The van der Waals surface area contributed by atoms with E-state index in [1.807, 2.05) is 11.3 Å². The standard InChI is InChI=1S/C18H23BrS/c1-5-12(2)16(15-9-7-6-8-10-15)17(19)18-13(3)11-14(4)20-18/h6-12,16-17H,5H2,1-4H3. The minimum absolute atomic E-state index is 0.401. The van der Waals surface area contributed by atoms with Crippen LogP contribution in [0.2, 0.25) is 0 Å². The van der Waals surface area contributed by atoms with Gasteiger partial charge in [0.15, 0.2) is 0 Å². The van der Waals surface area contributed by atoms with Crippen LogP contribution in [0.1, 0.15) is 51.9 Å². The average Bonchev–Trinajstić information content (AvgIpc) is 2.79. The van der Waals surface area contributed by atoms with Crippen molar-refractivity contribution >= 4 is 27.3 Å². The minimum atomic E-state index is 0.401. The molecule has 0 saturated heterocycles. The summed E-state index contributed by atoms with van der Waals surface area (Å²) >= 11 is 5.93. The Morgan fingerprint density at radius 1 is 1.15 bits per heavy atom. The van der Waals surface area contributed by atoms with E-state index in [2.05, 4.69) is 80.0 Å². The van der Waals surface area contributed by atoms with Crippen LogP contribution in [0.5, 0.6) is 0 Å². The molecule has 0 N–H and O–H groups in total. The number of aryl methyl sites for hydroxylation is 2. The molecule has 2 rings (SSSR count). The minimum Gasteiger partial charge on any atom is -0.144 e. The van der Waals surface area contributed by atoms with Gasteiger partial charge in [-0.15, -0.1) is 11.3 Å². The second-order valence-electron chi connectivity index (χ2n) is 5.63. The SMILES string of the molecule is CCC(C)C(c1ccccc1)C(Br)c1sc(C)cc1C. The van der Waals surface area contributed by atoms with Crippen molar-refractivity contribution in [2.45, 2.75) is 44.9 Å². The van der Waals surface area contributed by atoms with Gasteiger partial charge in [0.1, 0.15) is 0 Å². The molecule has 0 bridgehead atoms. The molecule has 0 aliphatic carbocycles. The molecule has 2 aromatic rings. The zero-order valence-electron chi connectivity index (χ0n) is 12.7. The molecule has 1 heterocycles. The summed E-state index contributed by atoms with van der Waals surface area (Å²) in [7, 11) is 0. The number of benzene rings is 1.